The van der Waals surface area contributed by atoms with Crippen LogP contribution in [0.5, 0.6) is 11.5 Å². The van der Waals surface area contributed by atoms with Gasteiger partial charge in [-0.15, -0.1) is 5.11 Å². The third kappa shape index (κ3) is 3.37. The van der Waals surface area contributed by atoms with Crippen LogP contribution in [0.4, 0.5) is 11.4 Å². The number of benzene rings is 2. The lowest BCUT2D eigenvalue weighted by Gasteiger charge is -2.18. The van der Waals surface area contributed by atoms with Crippen LogP contribution in [-0.4, -0.2) is 29.2 Å². The Bertz CT molecular complexity index is 1080. The molecule has 0 saturated heterocycles. The molecule has 3 aromatic rings. The molecule has 136 valence electrons. The third-order valence-corrected chi connectivity index (χ3v) is 4.12. The van der Waals surface area contributed by atoms with E-state index in [4.69, 9.17) is 9.47 Å². The average Bonchev–Trinajstić information content (AvgIpc) is 3.06. The lowest BCUT2D eigenvalue weighted by atomic mass is 10.1. The second kappa shape index (κ2) is 6.91. The summed E-state index contributed by atoms with van der Waals surface area (Å²) >= 11 is 0. The van der Waals surface area contributed by atoms with E-state index in [1.807, 2.05) is 6.07 Å². The Balaban J connectivity index is 1.66. The van der Waals surface area contributed by atoms with E-state index in [2.05, 4.69) is 20.4 Å². The zero-order valence-corrected chi connectivity index (χ0v) is 14.5. The number of carbonyl (C=O) groups excluding carboxylic acids is 1. The maximum atomic E-state index is 12.1. The van der Waals surface area contributed by atoms with E-state index in [1.54, 1.807) is 36.4 Å². The Hall–Kier alpha value is -3.68. The van der Waals surface area contributed by atoms with Crippen LogP contribution >= 0.6 is 0 Å². The maximum absolute atomic E-state index is 12.1. The molecule has 0 unspecified atom stereocenters. The van der Waals surface area contributed by atoms with Crippen LogP contribution in [0.1, 0.15) is 17.3 Å². The van der Waals surface area contributed by atoms with Gasteiger partial charge in [0.05, 0.1) is 11.4 Å². The molecule has 0 fully saturated rings. The van der Waals surface area contributed by atoms with E-state index >= 15 is 0 Å². The van der Waals surface area contributed by atoms with Crippen molar-refractivity contribution in [1.82, 2.24) is 10.2 Å². The number of rotatable bonds is 4. The van der Waals surface area contributed by atoms with E-state index in [9.17, 15) is 9.59 Å². The number of nitrogens with one attached hydrogen (secondary N) is 2. The molecule has 27 heavy (non-hydrogen) atoms. The number of aromatic amines is 2. The number of hydrogen-bond donors (Lipinski definition) is 2. The van der Waals surface area contributed by atoms with Crippen LogP contribution in [0, 0.1) is 0 Å². The molecule has 2 aromatic carbocycles. The zero-order chi connectivity index (χ0) is 18.8. The number of aromatic nitrogens is 2. The molecule has 0 saturated carbocycles. The summed E-state index contributed by atoms with van der Waals surface area (Å²) in [4.78, 5) is 23.5. The maximum Gasteiger partial charge on any atom is 0.292 e. The first-order chi connectivity index (χ1) is 13.1. The Kier molecular flexibility index (Phi) is 4.29. The molecule has 0 amide bonds. The van der Waals surface area contributed by atoms with Crippen molar-refractivity contribution in [3.63, 3.8) is 0 Å². The first-order valence-electron chi connectivity index (χ1n) is 8.35. The normalized spacial score (nSPS) is 13.1. The first kappa shape index (κ1) is 16.8. The van der Waals surface area contributed by atoms with Gasteiger partial charge in [0, 0.05) is 11.1 Å². The molecule has 4 rings (SSSR count). The lowest BCUT2D eigenvalue weighted by molar-refractivity contribution is 0.101. The highest BCUT2D eigenvalue weighted by Gasteiger charge is 2.16. The van der Waals surface area contributed by atoms with Crippen molar-refractivity contribution < 1.29 is 14.3 Å². The van der Waals surface area contributed by atoms with Crippen molar-refractivity contribution in [3.8, 4) is 22.8 Å². The van der Waals surface area contributed by atoms with Crippen molar-refractivity contribution in [2.24, 2.45) is 10.2 Å². The van der Waals surface area contributed by atoms with Crippen LogP contribution in [0.2, 0.25) is 0 Å². The fraction of sp³-hybridized carbons (Fsp3) is 0.158. The minimum Gasteiger partial charge on any atom is -0.486 e. The van der Waals surface area contributed by atoms with Crippen LogP contribution in [0.15, 0.2) is 57.5 Å². The second-order valence-corrected chi connectivity index (χ2v) is 5.96. The molecule has 0 atom stereocenters. The van der Waals surface area contributed by atoms with Gasteiger partial charge in [0.1, 0.15) is 13.2 Å². The molecule has 8 heteroatoms. The standard InChI is InChI=1S/C19H16N4O4/c1-11(24)12-2-5-14(6-3-12)20-22-18-17(21-23-19(18)25)13-4-7-15-16(10-13)27-9-8-26-15/h2-7,10H,8-9H2,1H3,(H2,21,23,25). The number of carbonyl (C=O) groups is 1. The van der Waals surface area contributed by atoms with Crippen molar-refractivity contribution >= 4 is 17.2 Å². The minimum atomic E-state index is -0.385. The summed E-state index contributed by atoms with van der Waals surface area (Å²) in [6.45, 7) is 2.48. The third-order valence-electron chi connectivity index (χ3n) is 4.12. The average molecular weight is 364 g/mol. The SMILES string of the molecule is CC(=O)c1ccc(N=Nc2c(-c3ccc4c(c3)OCCO4)[nH][nH]c2=O)cc1. The van der Waals surface area contributed by atoms with Gasteiger partial charge in [-0.2, -0.15) is 5.11 Å². The van der Waals surface area contributed by atoms with Crippen molar-refractivity contribution in [2.45, 2.75) is 6.92 Å². The minimum absolute atomic E-state index is 0.0264. The smallest absolute Gasteiger partial charge is 0.292 e. The van der Waals surface area contributed by atoms with Crippen LogP contribution in [0.3, 0.4) is 0 Å². The molecule has 1 aliphatic rings. The zero-order valence-electron chi connectivity index (χ0n) is 14.5. The summed E-state index contributed by atoms with van der Waals surface area (Å²) in [5.41, 5.74) is 2.12. The molecular weight excluding hydrogens is 348 g/mol. The van der Waals surface area contributed by atoms with Crippen molar-refractivity contribution in [1.29, 1.82) is 0 Å². The molecule has 8 nitrogen and oxygen atoms in total. The van der Waals surface area contributed by atoms with Gasteiger partial charge < -0.3 is 9.47 Å². The predicted molar refractivity (Wildman–Crippen MR) is 98.5 cm³/mol. The summed E-state index contributed by atoms with van der Waals surface area (Å²) < 4.78 is 11.1. The van der Waals surface area contributed by atoms with E-state index in [0.29, 0.717) is 41.7 Å². The fourth-order valence-electron chi connectivity index (χ4n) is 2.72. The Morgan fingerprint density at radius 1 is 0.963 bits per heavy atom. The lowest BCUT2D eigenvalue weighted by Crippen LogP contribution is -2.15. The predicted octanol–water partition coefficient (Wildman–Crippen LogP) is 3.76. The van der Waals surface area contributed by atoms with Crippen LogP contribution < -0.4 is 15.0 Å². The number of nitrogens with zero attached hydrogens (tertiary/aromatic N) is 2. The van der Waals surface area contributed by atoms with Gasteiger partial charge in [-0.25, -0.2) is 0 Å². The summed E-state index contributed by atoms with van der Waals surface area (Å²) in [6, 6.07) is 12.1. The summed E-state index contributed by atoms with van der Waals surface area (Å²) in [7, 11) is 0. The van der Waals surface area contributed by atoms with E-state index in [-0.39, 0.29) is 17.0 Å². The van der Waals surface area contributed by atoms with Gasteiger partial charge in [-0.1, -0.05) is 0 Å². The second-order valence-electron chi connectivity index (χ2n) is 5.96. The van der Waals surface area contributed by atoms with Gasteiger partial charge in [-0.05, 0) is 49.4 Å². The largest absolute Gasteiger partial charge is 0.486 e. The summed E-state index contributed by atoms with van der Waals surface area (Å²) in [5.74, 6) is 1.25. The molecule has 1 aromatic heterocycles. The first-order valence-corrected chi connectivity index (χ1v) is 8.35. The molecule has 0 spiro atoms. The van der Waals surface area contributed by atoms with Gasteiger partial charge >= 0.3 is 0 Å². The number of fused-ring (bicyclic) bond motifs is 1. The fourth-order valence-corrected chi connectivity index (χ4v) is 2.72. The van der Waals surface area contributed by atoms with Crippen LogP contribution in [0.25, 0.3) is 11.3 Å². The molecule has 1 aliphatic heterocycles. The number of hydrogen-bond acceptors (Lipinski definition) is 6. The molecule has 0 radical (unpaired) electrons. The van der Waals surface area contributed by atoms with Crippen molar-refractivity contribution in [3.05, 3.63) is 58.4 Å². The number of azo groups is 1. The Morgan fingerprint density at radius 2 is 1.70 bits per heavy atom. The highest BCUT2D eigenvalue weighted by Crippen LogP contribution is 2.36. The Morgan fingerprint density at radius 3 is 2.44 bits per heavy atom. The monoisotopic (exact) mass is 364 g/mol. The van der Waals surface area contributed by atoms with Gasteiger partial charge in [0.25, 0.3) is 5.56 Å². The number of ether oxygens (including phenoxy) is 2. The highest BCUT2D eigenvalue weighted by molar-refractivity contribution is 5.94. The molecular formula is C19H16N4O4. The quantitative estimate of drug-likeness (QED) is 0.542. The molecule has 2 heterocycles. The van der Waals surface area contributed by atoms with Crippen LogP contribution in [-0.2, 0) is 0 Å². The summed E-state index contributed by atoms with van der Waals surface area (Å²) in [6.07, 6.45) is 0. The topological polar surface area (TPSA) is 109 Å². The van der Waals surface area contributed by atoms with E-state index < -0.39 is 0 Å². The van der Waals surface area contributed by atoms with Gasteiger partial charge in [-0.3, -0.25) is 19.8 Å². The van der Waals surface area contributed by atoms with Gasteiger partial charge in [0.2, 0.25) is 0 Å². The summed E-state index contributed by atoms with van der Waals surface area (Å²) in [5, 5.41) is 13.5. The van der Waals surface area contributed by atoms with E-state index in [0.717, 1.165) is 5.56 Å². The number of H-pyrrole nitrogens is 2. The van der Waals surface area contributed by atoms with E-state index in [1.165, 1.54) is 6.92 Å². The van der Waals surface area contributed by atoms with Crippen molar-refractivity contribution in [2.75, 3.05) is 13.2 Å². The van der Waals surface area contributed by atoms with Gasteiger partial charge in [0.15, 0.2) is 23.0 Å². The number of ketones is 1. The number of Topliss-reactive ketones (excluding diaryl/α,β-unsaturated/α-hetero) is 1. The Labute approximate surface area is 153 Å². The molecule has 0 bridgehead atoms. The molecule has 2 N–H and O–H groups in total. The molecule has 0 aliphatic carbocycles. The highest BCUT2D eigenvalue weighted by atomic mass is 16.6.